The van der Waals surface area contributed by atoms with Crippen molar-refractivity contribution in [2.24, 2.45) is 11.8 Å². The second-order valence-electron chi connectivity index (χ2n) is 6.47. The third-order valence-electron chi connectivity index (χ3n) is 4.20. The van der Waals surface area contributed by atoms with Crippen molar-refractivity contribution in [1.29, 1.82) is 0 Å². The molecule has 1 aliphatic rings. The van der Waals surface area contributed by atoms with E-state index in [0.717, 1.165) is 19.6 Å². The number of halogens is 1. The second kappa shape index (κ2) is 7.74. The molecule has 3 nitrogen and oxygen atoms in total. The molecule has 0 atom stereocenters. The van der Waals surface area contributed by atoms with E-state index < -0.39 is 0 Å². The summed E-state index contributed by atoms with van der Waals surface area (Å²) in [7, 11) is 0. The molecule has 1 saturated carbocycles. The predicted molar refractivity (Wildman–Crippen MR) is 86.0 cm³/mol. The first-order valence-electron chi connectivity index (χ1n) is 8.20. The normalized spacial score (nSPS) is 15.3. The Morgan fingerprint density at radius 3 is 2.76 bits per heavy atom. The fourth-order valence-corrected chi connectivity index (χ4v) is 2.68. The van der Waals surface area contributed by atoms with Gasteiger partial charge in [-0.05, 0) is 44.2 Å². The molecule has 0 saturated heterocycles. The number of pyridine rings is 1. The molecule has 21 heavy (non-hydrogen) atoms. The quantitative estimate of drug-likeness (QED) is 0.794. The lowest BCUT2D eigenvalue weighted by atomic mass is 9.85. The van der Waals surface area contributed by atoms with E-state index in [-0.39, 0.29) is 5.82 Å². The summed E-state index contributed by atoms with van der Waals surface area (Å²) in [4.78, 5) is 6.38. The van der Waals surface area contributed by atoms with Crippen molar-refractivity contribution in [2.45, 2.75) is 46.6 Å². The molecule has 118 valence electrons. The lowest BCUT2D eigenvalue weighted by Gasteiger charge is -2.32. The highest BCUT2D eigenvalue weighted by Crippen LogP contribution is 2.29. The molecule has 0 aliphatic heterocycles. The SMILES string of the molecule is CCN(CC1CCC1)c1nccc(CNCC(C)C)c1F. The van der Waals surface area contributed by atoms with Crippen molar-refractivity contribution >= 4 is 5.82 Å². The molecule has 1 heterocycles. The number of hydrogen-bond donors (Lipinski definition) is 1. The van der Waals surface area contributed by atoms with Crippen LogP contribution in [0, 0.1) is 17.7 Å². The van der Waals surface area contributed by atoms with Gasteiger partial charge in [0.25, 0.3) is 0 Å². The van der Waals surface area contributed by atoms with Crippen LogP contribution in [0.2, 0.25) is 0 Å². The van der Waals surface area contributed by atoms with Gasteiger partial charge in [0.15, 0.2) is 11.6 Å². The molecule has 1 aliphatic carbocycles. The van der Waals surface area contributed by atoms with Gasteiger partial charge in [-0.1, -0.05) is 20.3 Å². The monoisotopic (exact) mass is 293 g/mol. The first-order valence-corrected chi connectivity index (χ1v) is 8.20. The van der Waals surface area contributed by atoms with Crippen LogP contribution in [0.5, 0.6) is 0 Å². The Kier molecular flexibility index (Phi) is 5.97. The minimum Gasteiger partial charge on any atom is -0.354 e. The summed E-state index contributed by atoms with van der Waals surface area (Å²) in [6.45, 7) is 9.59. The van der Waals surface area contributed by atoms with Gasteiger partial charge < -0.3 is 10.2 Å². The second-order valence-corrected chi connectivity index (χ2v) is 6.47. The number of nitrogens with zero attached hydrogens (tertiary/aromatic N) is 2. The number of nitrogens with one attached hydrogen (secondary N) is 1. The average Bonchev–Trinajstić information content (AvgIpc) is 2.40. The van der Waals surface area contributed by atoms with E-state index in [0.29, 0.717) is 29.8 Å². The van der Waals surface area contributed by atoms with Crippen LogP contribution in [0.25, 0.3) is 0 Å². The molecule has 0 amide bonds. The van der Waals surface area contributed by atoms with Crippen LogP contribution in [0.1, 0.15) is 45.6 Å². The lowest BCUT2D eigenvalue weighted by Crippen LogP contribution is -2.34. The summed E-state index contributed by atoms with van der Waals surface area (Å²) in [5, 5.41) is 3.30. The summed E-state index contributed by atoms with van der Waals surface area (Å²) in [6, 6.07) is 1.78. The summed E-state index contributed by atoms with van der Waals surface area (Å²) < 4.78 is 14.7. The Balaban J connectivity index is 2.03. The van der Waals surface area contributed by atoms with Gasteiger partial charge in [-0.15, -0.1) is 0 Å². The van der Waals surface area contributed by atoms with E-state index in [1.165, 1.54) is 19.3 Å². The Bertz CT molecular complexity index is 444. The van der Waals surface area contributed by atoms with E-state index in [1.54, 1.807) is 12.3 Å². The van der Waals surface area contributed by atoms with Gasteiger partial charge in [0.2, 0.25) is 0 Å². The topological polar surface area (TPSA) is 28.2 Å². The Hall–Kier alpha value is -1.16. The molecule has 4 heteroatoms. The highest BCUT2D eigenvalue weighted by Gasteiger charge is 2.23. The highest BCUT2D eigenvalue weighted by atomic mass is 19.1. The summed E-state index contributed by atoms with van der Waals surface area (Å²) in [5.74, 6) is 1.65. The Morgan fingerprint density at radius 1 is 1.43 bits per heavy atom. The number of anilines is 1. The average molecular weight is 293 g/mol. The van der Waals surface area contributed by atoms with Crippen LogP contribution < -0.4 is 10.2 Å². The molecule has 0 bridgehead atoms. The molecule has 1 aromatic heterocycles. The maximum absolute atomic E-state index is 14.7. The van der Waals surface area contributed by atoms with Gasteiger partial charge in [0, 0.05) is 31.4 Å². The van der Waals surface area contributed by atoms with Crippen molar-refractivity contribution < 1.29 is 4.39 Å². The van der Waals surface area contributed by atoms with Crippen LogP contribution in [-0.2, 0) is 6.54 Å². The van der Waals surface area contributed by atoms with Gasteiger partial charge >= 0.3 is 0 Å². The minimum atomic E-state index is -0.157. The number of hydrogen-bond acceptors (Lipinski definition) is 3. The van der Waals surface area contributed by atoms with Crippen molar-refractivity contribution in [1.82, 2.24) is 10.3 Å². The molecule has 0 spiro atoms. The molecule has 0 radical (unpaired) electrons. The zero-order chi connectivity index (χ0) is 15.2. The van der Waals surface area contributed by atoms with Crippen LogP contribution in [-0.4, -0.2) is 24.6 Å². The molecule has 1 N–H and O–H groups in total. The smallest absolute Gasteiger partial charge is 0.170 e. The lowest BCUT2D eigenvalue weighted by molar-refractivity contribution is 0.317. The van der Waals surface area contributed by atoms with Crippen molar-refractivity contribution in [3.63, 3.8) is 0 Å². The first-order chi connectivity index (χ1) is 10.1. The van der Waals surface area contributed by atoms with E-state index in [9.17, 15) is 4.39 Å². The third-order valence-corrected chi connectivity index (χ3v) is 4.20. The van der Waals surface area contributed by atoms with Crippen LogP contribution in [0.15, 0.2) is 12.3 Å². The standard InChI is InChI=1S/C17H28FN3/c1-4-21(12-14-6-5-7-14)17-16(18)15(8-9-20-17)11-19-10-13(2)3/h8-9,13-14,19H,4-7,10-12H2,1-3H3. The molecule has 2 rings (SSSR count). The van der Waals surface area contributed by atoms with E-state index in [2.05, 4.69) is 36.0 Å². The van der Waals surface area contributed by atoms with Gasteiger partial charge in [-0.25, -0.2) is 9.37 Å². The number of aromatic nitrogens is 1. The van der Waals surface area contributed by atoms with E-state index >= 15 is 0 Å². The van der Waals surface area contributed by atoms with Crippen LogP contribution in [0.4, 0.5) is 10.2 Å². The predicted octanol–water partition coefficient (Wildman–Crippen LogP) is 3.59. The maximum Gasteiger partial charge on any atom is 0.170 e. The van der Waals surface area contributed by atoms with Crippen molar-refractivity contribution in [3.8, 4) is 0 Å². The van der Waals surface area contributed by atoms with Crippen LogP contribution in [0.3, 0.4) is 0 Å². The fraction of sp³-hybridized carbons (Fsp3) is 0.706. The first kappa shape index (κ1) is 16.2. The minimum absolute atomic E-state index is 0.157. The highest BCUT2D eigenvalue weighted by molar-refractivity contribution is 5.43. The van der Waals surface area contributed by atoms with Crippen molar-refractivity contribution in [2.75, 3.05) is 24.5 Å². The van der Waals surface area contributed by atoms with Gasteiger partial charge in [-0.2, -0.15) is 0 Å². The molecule has 1 fully saturated rings. The van der Waals surface area contributed by atoms with Crippen LogP contribution >= 0.6 is 0 Å². The van der Waals surface area contributed by atoms with E-state index in [1.807, 2.05) is 0 Å². The molecular weight excluding hydrogens is 265 g/mol. The summed E-state index contributed by atoms with van der Waals surface area (Å²) in [5.41, 5.74) is 0.715. The Labute approximate surface area is 127 Å². The summed E-state index contributed by atoms with van der Waals surface area (Å²) in [6.07, 6.45) is 5.59. The molecule has 0 aromatic carbocycles. The molecular formula is C17H28FN3. The van der Waals surface area contributed by atoms with Gasteiger partial charge in [-0.3, -0.25) is 0 Å². The zero-order valence-corrected chi connectivity index (χ0v) is 13.5. The van der Waals surface area contributed by atoms with Gasteiger partial charge in [0.1, 0.15) is 0 Å². The molecule has 1 aromatic rings. The zero-order valence-electron chi connectivity index (χ0n) is 13.5. The Morgan fingerprint density at radius 2 is 2.19 bits per heavy atom. The summed E-state index contributed by atoms with van der Waals surface area (Å²) >= 11 is 0. The third kappa shape index (κ3) is 4.40. The van der Waals surface area contributed by atoms with E-state index in [4.69, 9.17) is 0 Å². The maximum atomic E-state index is 14.7. The van der Waals surface area contributed by atoms with Crippen molar-refractivity contribution in [3.05, 3.63) is 23.6 Å². The molecule has 0 unspecified atom stereocenters. The van der Waals surface area contributed by atoms with Gasteiger partial charge in [0.05, 0.1) is 0 Å². The fourth-order valence-electron chi connectivity index (χ4n) is 2.68. The largest absolute Gasteiger partial charge is 0.354 e. The number of rotatable bonds is 8.